The SMILES string of the molecule is [B]C(C)(CCOC(C)C)ON. The van der Waals surface area contributed by atoms with Crippen molar-refractivity contribution in [2.75, 3.05) is 6.61 Å². The predicted octanol–water partition coefficient (Wildman–Crippen LogP) is 0.576. The molecule has 4 heteroatoms. The van der Waals surface area contributed by atoms with E-state index in [9.17, 15) is 0 Å². The Kier molecular flexibility index (Phi) is 4.72. The van der Waals surface area contributed by atoms with E-state index in [0.717, 1.165) is 0 Å². The molecule has 0 aliphatic carbocycles. The van der Waals surface area contributed by atoms with E-state index in [2.05, 4.69) is 4.84 Å². The summed E-state index contributed by atoms with van der Waals surface area (Å²) in [6.45, 7) is 6.23. The van der Waals surface area contributed by atoms with Gasteiger partial charge in [0, 0.05) is 12.1 Å². The summed E-state index contributed by atoms with van der Waals surface area (Å²) in [6.07, 6.45) is 0.824. The summed E-state index contributed by atoms with van der Waals surface area (Å²) in [5.74, 6) is 4.94. The minimum absolute atomic E-state index is 0.226. The number of rotatable bonds is 5. The van der Waals surface area contributed by atoms with E-state index < -0.39 is 5.50 Å². The lowest BCUT2D eigenvalue weighted by atomic mass is 9.81. The second kappa shape index (κ2) is 4.75. The molecular formula is C7H16BNO2. The summed E-state index contributed by atoms with van der Waals surface area (Å²) in [5.41, 5.74) is -0.769. The maximum atomic E-state index is 5.58. The van der Waals surface area contributed by atoms with E-state index in [1.54, 1.807) is 6.92 Å². The van der Waals surface area contributed by atoms with Crippen molar-refractivity contribution in [3.05, 3.63) is 0 Å². The molecule has 0 aromatic heterocycles. The van der Waals surface area contributed by atoms with Gasteiger partial charge in [0.1, 0.15) is 7.85 Å². The molecule has 0 aliphatic rings. The number of ether oxygens (including phenoxy) is 1. The zero-order valence-electron chi connectivity index (χ0n) is 7.46. The van der Waals surface area contributed by atoms with E-state index in [1.807, 2.05) is 13.8 Å². The fourth-order valence-electron chi connectivity index (χ4n) is 0.556. The molecule has 0 aliphatic heterocycles. The number of hydrogen-bond donors (Lipinski definition) is 1. The molecule has 0 bridgehead atoms. The molecule has 0 saturated carbocycles. The number of hydrogen-bond acceptors (Lipinski definition) is 3. The Morgan fingerprint density at radius 3 is 2.45 bits per heavy atom. The van der Waals surface area contributed by atoms with Gasteiger partial charge in [0.25, 0.3) is 0 Å². The molecule has 0 aromatic rings. The van der Waals surface area contributed by atoms with Crippen molar-refractivity contribution >= 4 is 7.85 Å². The molecule has 2 N–H and O–H groups in total. The van der Waals surface area contributed by atoms with Crippen molar-refractivity contribution in [3.63, 3.8) is 0 Å². The average Bonchev–Trinajstić information content (AvgIpc) is 1.87. The standard InChI is InChI=1S/C7H16BNO2/c1-6(2)10-5-4-7(3,8)11-9/h6H,4-5,9H2,1-3H3. The third kappa shape index (κ3) is 6.35. The Bertz CT molecular complexity index is 107. The van der Waals surface area contributed by atoms with Gasteiger partial charge in [0.15, 0.2) is 0 Å². The van der Waals surface area contributed by atoms with Gasteiger partial charge in [-0.25, -0.2) is 5.90 Å². The highest BCUT2D eigenvalue weighted by molar-refractivity contribution is 6.14. The molecule has 0 fully saturated rings. The van der Waals surface area contributed by atoms with Crippen molar-refractivity contribution in [1.82, 2.24) is 0 Å². The molecule has 0 saturated heterocycles. The average molecular weight is 157 g/mol. The molecule has 0 amide bonds. The van der Waals surface area contributed by atoms with E-state index in [-0.39, 0.29) is 6.10 Å². The van der Waals surface area contributed by atoms with Crippen LogP contribution in [0.25, 0.3) is 0 Å². The minimum atomic E-state index is -0.769. The van der Waals surface area contributed by atoms with Crippen LogP contribution in [0.5, 0.6) is 0 Å². The zero-order chi connectivity index (χ0) is 8.91. The van der Waals surface area contributed by atoms with Crippen LogP contribution in [0.15, 0.2) is 0 Å². The van der Waals surface area contributed by atoms with Gasteiger partial charge in [-0.05, 0) is 27.2 Å². The summed E-state index contributed by atoms with van der Waals surface area (Å²) in [6, 6.07) is 0. The first-order valence-electron chi connectivity index (χ1n) is 3.76. The second-order valence-corrected chi connectivity index (χ2v) is 3.10. The van der Waals surface area contributed by atoms with Gasteiger partial charge < -0.3 is 9.57 Å². The smallest absolute Gasteiger partial charge is 0.116 e. The largest absolute Gasteiger partial charge is 0.379 e. The Morgan fingerprint density at radius 1 is 1.55 bits per heavy atom. The lowest BCUT2D eigenvalue weighted by Gasteiger charge is -2.22. The van der Waals surface area contributed by atoms with Crippen molar-refractivity contribution < 1.29 is 9.57 Å². The third-order valence-corrected chi connectivity index (χ3v) is 1.32. The van der Waals surface area contributed by atoms with Gasteiger partial charge in [-0.1, -0.05) is 0 Å². The highest BCUT2D eigenvalue weighted by atomic mass is 16.6. The van der Waals surface area contributed by atoms with Crippen LogP contribution in [-0.2, 0) is 9.57 Å². The monoisotopic (exact) mass is 157 g/mol. The minimum Gasteiger partial charge on any atom is -0.379 e. The maximum absolute atomic E-state index is 5.58. The van der Waals surface area contributed by atoms with E-state index in [4.69, 9.17) is 18.5 Å². The van der Waals surface area contributed by atoms with Crippen LogP contribution in [0.3, 0.4) is 0 Å². The normalized spacial score (nSPS) is 16.8. The van der Waals surface area contributed by atoms with Crippen LogP contribution in [-0.4, -0.2) is 26.1 Å². The molecule has 0 rings (SSSR count). The predicted molar refractivity (Wildman–Crippen MR) is 45.1 cm³/mol. The van der Waals surface area contributed by atoms with Crippen LogP contribution < -0.4 is 5.90 Å². The molecule has 1 unspecified atom stereocenters. The van der Waals surface area contributed by atoms with Gasteiger partial charge in [0.05, 0.1) is 6.10 Å². The molecule has 64 valence electrons. The Balaban J connectivity index is 3.38. The van der Waals surface area contributed by atoms with Gasteiger partial charge in [0.2, 0.25) is 0 Å². The van der Waals surface area contributed by atoms with Crippen molar-refractivity contribution in [2.24, 2.45) is 5.90 Å². The molecule has 11 heavy (non-hydrogen) atoms. The third-order valence-electron chi connectivity index (χ3n) is 1.32. The molecule has 2 radical (unpaired) electrons. The van der Waals surface area contributed by atoms with Crippen molar-refractivity contribution in [1.29, 1.82) is 0 Å². The lowest BCUT2D eigenvalue weighted by Crippen LogP contribution is -2.34. The van der Waals surface area contributed by atoms with Crippen molar-refractivity contribution in [2.45, 2.75) is 38.8 Å². The molecule has 0 spiro atoms. The molecule has 0 aromatic carbocycles. The Labute approximate surface area is 69.6 Å². The first-order chi connectivity index (χ1) is 4.98. The van der Waals surface area contributed by atoms with E-state index >= 15 is 0 Å². The van der Waals surface area contributed by atoms with Crippen LogP contribution in [0.4, 0.5) is 0 Å². The zero-order valence-corrected chi connectivity index (χ0v) is 7.46. The maximum Gasteiger partial charge on any atom is 0.116 e. The summed E-state index contributed by atoms with van der Waals surface area (Å²) >= 11 is 0. The Morgan fingerprint density at radius 2 is 2.09 bits per heavy atom. The highest BCUT2D eigenvalue weighted by Gasteiger charge is 2.16. The van der Waals surface area contributed by atoms with Gasteiger partial charge in [-0.2, -0.15) is 0 Å². The van der Waals surface area contributed by atoms with E-state index in [1.165, 1.54) is 0 Å². The molecule has 3 nitrogen and oxygen atoms in total. The lowest BCUT2D eigenvalue weighted by molar-refractivity contribution is -0.00912. The molecular weight excluding hydrogens is 141 g/mol. The Hall–Kier alpha value is -0.0551. The van der Waals surface area contributed by atoms with Crippen LogP contribution >= 0.6 is 0 Å². The van der Waals surface area contributed by atoms with Gasteiger partial charge in [-0.3, -0.25) is 0 Å². The first-order valence-corrected chi connectivity index (χ1v) is 3.76. The number of nitrogens with two attached hydrogens (primary N) is 1. The topological polar surface area (TPSA) is 44.5 Å². The summed E-state index contributed by atoms with van der Waals surface area (Å²) in [5, 5.41) is 0. The van der Waals surface area contributed by atoms with Crippen LogP contribution in [0.1, 0.15) is 27.2 Å². The molecule has 0 heterocycles. The van der Waals surface area contributed by atoms with Crippen LogP contribution in [0.2, 0.25) is 0 Å². The van der Waals surface area contributed by atoms with E-state index in [0.29, 0.717) is 13.0 Å². The van der Waals surface area contributed by atoms with Crippen LogP contribution in [0, 0.1) is 0 Å². The summed E-state index contributed by atoms with van der Waals surface area (Å²) < 4.78 is 5.26. The van der Waals surface area contributed by atoms with Gasteiger partial charge >= 0.3 is 0 Å². The summed E-state index contributed by atoms with van der Waals surface area (Å²) in [7, 11) is 5.58. The first kappa shape index (κ1) is 10.9. The second-order valence-electron chi connectivity index (χ2n) is 3.10. The van der Waals surface area contributed by atoms with Crippen molar-refractivity contribution in [3.8, 4) is 0 Å². The van der Waals surface area contributed by atoms with Gasteiger partial charge in [-0.15, -0.1) is 0 Å². The highest BCUT2D eigenvalue weighted by Crippen LogP contribution is 2.07. The fraction of sp³-hybridized carbons (Fsp3) is 1.00. The fourth-order valence-corrected chi connectivity index (χ4v) is 0.556. The quantitative estimate of drug-likeness (QED) is 0.468. The summed E-state index contributed by atoms with van der Waals surface area (Å²) in [4.78, 5) is 4.52. The molecule has 1 atom stereocenters.